The number of nitrogens with one attached hydrogen (secondary N) is 1. The number of amides is 1. The van der Waals surface area contributed by atoms with E-state index in [9.17, 15) is 9.59 Å². The number of hydroxylamine groups is 1. The third kappa shape index (κ3) is 4.76. The monoisotopic (exact) mass is 307 g/mol. The van der Waals surface area contributed by atoms with E-state index < -0.39 is 5.91 Å². The minimum Gasteiger partial charge on any atom is -0.289 e. The normalized spacial score (nSPS) is 11.0. The molecule has 2 aromatic carbocycles. The molecule has 0 heterocycles. The molecule has 116 valence electrons. The summed E-state index contributed by atoms with van der Waals surface area (Å²) in [6.07, 6.45) is 6.16. The van der Waals surface area contributed by atoms with Gasteiger partial charge in [-0.3, -0.25) is 14.8 Å². The number of hydrogen-bond donors (Lipinski definition) is 2. The van der Waals surface area contributed by atoms with Crippen molar-refractivity contribution < 1.29 is 14.8 Å². The second-order valence-electron chi connectivity index (χ2n) is 4.99. The Morgan fingerprint density at radius 1 is 1.00 bits per heavy atom. The van der Waals surface area contributed by atoms with Gasteiger partial charge in [-0.15, -0.1) is 0 Å². The summed E-state index contributed by atoms with van der Waals surface area (Å²) in [4.78, 5) is 23.0. The Bertz CT molecular complexity index is 761. The van der Waals surface area contributed by atoms with Gasteiger partial charge in [-0.05, 0) is 35.8 Å². The molecule has 0 aliphatic rings. The summed E-state index contributed by atoms with van der Waals surface area (Å²) >= 11 is 0. The van der Waals surface area contributed by atoms with Crippen molar-refractivity contribution in [3.63, 3.8) is 0 Å². The van der Waals surface area contributed by atoms with Crippen LogP contribution in [0.25, 0.3) is 12.2 Å². The summed E-state index contributed by atoms with van der Waals surface area (Å²) < 4.78 is 0. The van der Waals surface area contributed by atoms with E-state index in [1.54, 1.807) is 30.4 Å². The van der Waals surface area contributed by atoms with Gasteiger partial charge in [0.15, 0.2) is 5.78 Å². The third-order valence-corrected chi connectivity index (χ3v) is 3.30. The first-order chi connectivity index (χ1) is 11.1. The predicted octanol–water partition coefficient (Wildman–Crippen LogP) is 3.41. The first-order valence-electron chi connectivity index (χ1n) is 7.10. The van der Waals surface area contributed by atoms with Crippen molar-refractivity contribution in [2.45, 2.75) is 6.92 Å². The average molecular weight is 307 g/mol. The maximum atomic E-state index is 12.0. The Morgan fingerprint density at radius 2 is 1.74 bits per heavy atom. The first kappa shape index (κ1) is 16.4. The van der Waals surface area contributed by atoms with Crippen molar-refractivity contribution >= 4 is 23.8 Å². The van der Waals surface area contributed by atoms with E-state index in [-0.39, 0.29) is 5.78 Å². The van der Waals surface area contributed by atoms with E-state index in [4.69, 9.17) is 5.21 Å². The molecule has 0 aliphatic heterocycles. The average Bonchev–Trinajstić information content (AvgIpc) is 2.59. The molecule has 1 amide bonds. The molecule has 2 rings (SSSR count). The third-order valence-electron chi connectivity index (χ3n) is 3.30. The minimum absolute atomic E-state index is 0.0476. The summed E-state index contributed by atoms with van der Waals surface area (Å²) in [6, 6.07) is 14.7. The molecule has 0 aliphatic carbocycles. The van der Waals surface area contributed by atoms with Crippen LogP contribution in [0, 0.1) is 6.92 Å². The summed E-state index contributed by atoms with van der Waals surface area (Å²) in [6.45, 7) is 1.93. The van der Waals surface area contributed by atoms with Crippen LogP contribution in [-0.4, -0.2) is 16.9 Å². The maximum Gasteiger partial charge on any atom is 0.267 e. The largest absolute Gasteiger partial charge is 0.289 e. The van der Waals surface area contributed by atoms with Crippen molar-refractivity contribution in [2.75, 3.05) is 0 Å². The van der Waals surface area contributed by atoms with Gasteiger partial charge in [0, 0.05) is 11.6 Å². The van der Waals surface area contributed by atoms with Crippen molar-refractivity contribution in [1.29, 1.82) is 0 Å². The summed E-state index contributed by atoms with van der Waals surface area (Å²) in [5.74, 6) is -0.631. The maximum absolute atomic E-state index is 12.0. The minimum atomic E-state index is -0.583. The van der Waals surface area contributed by atoms with Crippen LogP contribution in [0.4, 0.5) is 0 Å². The van der Waals surface area contributed by atoms with E-state index in [1.807, 2.05) is 43.3 Å². The zero-order chi connectivity index (χ0) is 16.7. The molecule has 4 heteroatoms. The molecule has 0 bridgehead atoms. The van der Waals surface area contributed by atoms with Gasteiger partial charge in [-0.25, -0.2) is 5.48 Å². The lowest BCUT2D eigenvalue weighted by molar-refractivity contribution is -0.124. The number of ketones is 1. The van der Waals surface area contributed by atoms with Crippen LogP contribution >= 0.6 is 0 Å². The molecule has 0 saturated heterocycles. The number of hydrogen-bond acceptors (Lipinski definition) is 3. The van der Waals surface area contributed by atoms with E-state index in [0.29, 0.717) is 5.56 Å². The summed E-state index contributed by atoms with van der Waals surface area (Å²) in [5, 5.41) is 8.44. The van der Waals surface area contributed by atoms with Gasteiger partial charge in [-0.1, -0.05) is 54.6 Å². The van der Waals surface area contributed by atoms with E-state index in [2.05, 4.69) is 0 Å². The number of benzene rings is 2. The standard InChI is InChI=1S/C19H17NO3/c1-14-13-15(8-12-19(22)20-23)7-9-16(14)10-11-18(21)17-5-3-2-4-6-17/h2-13,23H,1H3,(H,20,22)/b11-10+,12-8+. The molecule has 23 heavy (non-hydrogen) atoms. The zero-order valence-electron chi connectivity index (χ0n) is 12.7. The highest BCUT2D eigenvalue weighted by atomic mass is 16.5. The molecule has 4 nitrogen and oxygen atoms in total. The molecule has 0 atom stereocenters. The van der Waals surface area contributed by atoms with Gasteiger partial charge in [0.05, 0.1) is 0 Å². The molecule has 2 aromatic rings. The summed E-state index contributed by atoms with van der Waals surface area (Å²) in [5.41, 5.74) is 4.92. The van der Waals surface area contributed by atoms with Gasteiger partial charge in [0.2, 0.25) is 0 Å². The topological polar surface area (TPSA) is 66.4 Å². The summed E-state index contributed by atoms with van der Waals surface area (Å²) in [7, 11) is 0. The highest BCUT2D eigenvalue weighted by Gasteiger charge is 2.01. The molecular weight excluding hydrogens is 290 g/mol. The van der Waals surface area contributed by atoms with Gasteiger partial charge in [-0.2, -0.15) is 0 Å². The molecule has 2 N–H and O–H groups in total. The molecule has 0 spiro atoms. The Morgan fingerprint density at radius 3 is 2.39 bits per heavy atom. The van der Waals surface area contributed by atoms with Crippen LogP contribution in [0.5, 0.6) is 0 Å². The lowest BCUT2D eigenvalue weighted by Gasteiger charge is -2.02. The second kappa shape index (κ2) is 7.87. The fourth-order valence-electron chi connectivity index (χ4n) is 2.06. The van der Waals surface area contributed by atoms with E-state index in [1.165, 1.54) is 11.6 Å². The van der Waals surface area contributed by atoms with Gasteiger partial charge >= 0.3 is 0 Å². The number of rotatable bonds is 5. The molecule has 0 radical (unpaired) electrons. The fourth-order valence-corrected chi connectivity index (χ4v) is 2.06. The van der Waals surface area contributed by atoms with Gasteiger partial charge in [0.25, 0.3) is 5.91 Å². The highest BCUT2D eigenvalue weighted by molar-refractivity contribution is 6.06. The van der Waals surface area contributed by atoms with E-state index >= 15 is 0 Å². The van der Waals surface area contributed by atoms with Crippen LogP contribution in [0.2, 0.25) is 0 Å². The van der Waals surface area contributed by atoms with Crippen LogP contribution in [0.1, 0.15) is 27.0 Å². The van der Waals surface area contributed by atoms with Crippen molar-refractivity contribution in [2.24, 2.45) is 0 Å². The number of aryl methyl sites for hydroxylation is 1. The highest BCUT2D eigenvalue weighted by Crippen LogP contribution is 2.14. The lowest BCUT2D eigenvalue weighted by atomic mass is 10.0. The van der Waals surface area contributed by atoms with Gasteiger partial charge in [0.1, 0.15) is 0 Å². The molecule has 0 unspecified atom stereocenters. The first-order valence-corrected chi connectivity index (χ1v) is 7.10. The fraction of sp³-hybridized carbons (Fsp3) is 0.0526. The van der Waals surface area contributed by atoms with Crippen LogP contribution < -0.4 is 5.48 Å². The Labute approximate surface area is 134 Å². The lowest BCUT2D eigenvalue weighted by Crippen LogP contribution is -2.14. The predicted molar refractivity (Wildman–Crippen MR) is 89.9 cm³/mol. The SMILES string of the molecule is Cc1cc(/C=C/C(=O)NO)ccc1/C=C/C(=O)c1ccccc1. The molecule has 0 saturated carbocycles. The number of carbonyl (C=O) groups is 2. The quantitative estimate of drug-likeness (QED) is 0.385. The van der Waals surface area contributed by atoms with Crippen molar-refractivity contribution in [1.82, 2.24) is 5.48 Å². The molecule has 0 aromatic heterocycles. The van der Waals surface area contributed by atoms with Crippen LogP contribution in [-0.2, 0) is 4.79 Å². The smallest absolute Gasteiger partial charge is 0.267 e. The van der Waals surface area contributed by atoms with Gasteiger partial charge < -0.3 is 0 Å². The Kier molecular flexibility index (Phi) is 5.61. The number of allylic oxidation sites excluding steroid dienone is 1. The van der Waals surface area contributed by atoms with E-state index in [0.717, 1.165) is 16.7 Å². The second-order valence-corrected chi connectivity index (χ2v) is 4.99. The Hall–Kier alpha value is -2.98. The number of carbonyl (C=O) groups excluding carboxylic acids is 2. The zero-order valence-corrected chi connectivity index (χ0v) is 12.7. The van der Waals surface area contributed by atoms with Crippen LogP contribution in [0.3, 0.4) is 0 Å². The Balaban J connectivity index is 2.12. The van der Waals surface area contributed by atoms with Crippen molar-refractivity contribution in [3.05, 3.63) is 82.9 Å². The van der Waals surface area contributed by atoms with Crippen molar-refractivity contribution in [3.8, 4) is 0 Å². The van der Waals surface area contributed by atoms with Crippen LogP contribution in [0.15, 0.2) is 60.7 Å². The molecule has 0 fully saturated rings. The molecular formula is C19H17NO3.